The molecule has 7 rings (SSSR count). The van der Waals surface area contributed by atoms with Crippen LogP contribution in [0, 0.1) is 11.8 Å². The van der Waals surface area contributed by atoms with E-state index in [2.05, 4.69) is 20.3 Å². The topological polar surface area (TPSA) is 176 Å². The van der Waals surface area contributed by atoms with Crippen LogP contribution >= 0.6 is 0 Å². The lowest BCUT2D eigenvalue weighted by atomic mass is 10.0. The number of alkyl carbamates (subject to hydrolysis) is 1. The predicted octanol–water partition coefficient (Wildman–Crippen LogP) is 5.15. The number of aliphatic imine (C=N–C) groups is 1. The van der Waals surface area contributed by atoms with E-state index < -0.39 is 40.7 Å². The van der Waals surface area contributed by atoms with E-state index in [-0.39, 0.29) is 55.3 Å². The molecule has 0 radical (unpaired) electrons. The number of amides is 1. The van der Waals surface area contributed by atoms with Crippen LogP contribution in [0.25, 0.3) is 21.8 Å². The summed E-state index contributed by atoms with van der Waals surface area (Å²) in [5.41, 5.74) is 3.31. The highest BCUT2D eigenvalue weighted by molar-refractivity contribution is 7.89. The maximum absolute atomic E-state index is 14.4. The summed E-state index contributed by atoms with van der Waals surface area (Å²) < 4.78 is 46.9. The van der Waals surface area contributed by atoms with Crippen molar-refractivity contribution >= 4 is 44.1 Å². The largest absolute Gasteiger partial charge is 0.494 e. The molecule has 0 bridgehead atoms. The number of aliphatic hydroxyl groups excluding tert-OH is 1. The molecule has 14 heteroatoms. The van der Waals surface area contributed by atoms with Crippen LogP contribution in [0.2, 0.25) is 0 Å². The van der Waals surface area contributed by atoms with E-state index >= 15 is 0 Å². The molecule has 54 heavy (non-hydrogen) atoms. The number of aliphatic hydroxyl groups is 1. The number of nitrogens with one attached hydrogen (secondary N) is 2. The summed E-state index contributed by atoms with van der Waals surface area (Å²) in [5, 5.41) is 26.8. The Labute approximate surface area is 314 Å². The molecular formula is C40H45N5O8S. The highest BCUT2D eigenvalue weighted by Crippen LogP contribution is 2.33. The number of rotatable bonds is 14. The first-order valence-electron chi connectivity index (χ1n) is 18.2. The Morgan fingerprint density at radius 1 is 1.07 bits per heavy atom. The van der Waals surface area contributed by atoms with Crippen molar-refractivity contribution < 1.29 is 37.6 Å². The fourth-order valence-corrected chi connectivity index (χ4v) is 8.73. The van der Waals surface area contributed by atoms with Crippen LogP contribution in [0.5, 0.6) is 5.88 Å². The molecule has 2 aliphatic rings. The molecule has 2 aromatic heterocycles. The zero-order valence-corrected chi connectivity index (χ0v) is 31.0. The Bertz CT molecular complexity index is 2230. The van der Waals surface area contributed by atoms with Gasteiger partial charge >= 0.3 is 6.09 Å². The quantitative estimate of drug-likeness (QED) is 0.112. The van der Waals surface area contributed by atoms with E-state index in [1.807, 2.05) is 80.6 Å². The van der Waals surface area contributed by atoms with E-state index in [9.17, 15) is 23.4 Å². The van der Waals surface area contributed by atoms with Crippen LogP contribution in [-0.4, -0.2) is 96.1 Å². The van der Waals surface area contributed by atoms with Crippen molar-refractivity contribution in [1.29, 1.82) is 0 Å². The molecule has 4 heterocycles. The molecule has 2 unspecified atom stereocenters. The number of carbonyl (C=O) groups is 1. The van der Waals surface area contributed by atoms with Crippen LogP contribution in [0.15, 0.2) is 94.8 Å². The van der Waals surface area contributed by atoms with Gasteiger partial charge in [0, 0.05) is 35.6 Å². The average molecular weight is 756 g/mol. The summed E-state index contributed by atoms with van der Waals surface area (Å²) in [6.07, 6.45) is -0.460. The number of fused-ring (bicyclic) bond motifs is 3. The minimum Gasteiger partial charge on any atom is -0.494 e. The molecule has 0 spiro atoms. The molecule has 2 fully saturated rings. The number of sulfonamides is 1. The predicted molar refractivity (Wildman–Crippen MR) is 204 cm³/mol. The first-order chi connectivity index (χ1) is 26.0. The molecule has 0 aliphatic carbocycles. The zero-order chi connectivity index (χ0) is 37.8. The molecule has 2 saturated heterocycles. The highest BCUT2D eigenvalue weighted by Gasteiger charge is 2.44. The summed E-state index contributed by atoms with van der Waals surface area (Å²) >= 11 is 0. The average Bonchev–Trinajstić information content (AvgIpc) is 3.86. The van der Waals surface area contributed by atoms with Crippen molar-refractivity contribution in [1.82, 2.24) is 19.6 Å². The van der Waals surface area contributed by atoms with E-state index in [0.29, 0.717) is 29.5 Å². The van der Waals surface area contributed by atoms with Crippen LogP contribution in [0.4, 0.5) is 4.79 Å². The zero-order valence-electron chi connectivity index (χ0n) is 30.2. The van der Waals surface area contributed by atoms with Crippen molar-refractivity contribution in [2.75, 3.05) is 26.3 Å². The van der Waals surface area contributed by atoms with Crippen LogP contribution in [0.3, 0.4) is 0 Å². The fourth-order valence-electron chi connectivity index (χ4n) is 7.08. The molecule has 13 nitrogen and oxygen atoms in total. The highest BCUT2D eigenvalue weighted by atomic mass is 32.2. The monoisotopic (exact) mass is 755 g/mol. The lowest BCUT2D eigenvalue weighted by Gasteiger charge is -2.31. The Morgan fingerprint density at radius 2 is 1.87 bits per heavy atom. The summed E-state index contributed by atoms with van der Waals surface area (Å²) in [6.45, 7) is 4.59. The number of H-pyrrole nitrogens is 1. The summed E-state index contributed by atoms with van der Waals surface area (Å²) in [7, 11) is -4.19. The molecule has 5 aromatic rings. The van der Waals surface area contributed by atoms with Gasteiger partial charge in [0.1, 0.15) is 6.10 Å². The fraction of sp³-hybridized carbons (Fsp3) is 0.375. The first-order valence-corrected chi connectivity index (χ1v) is 19.6. The van der Waals surface area contributed by atoms with Gasteiger partial charge in [-0.05, 0) is 54.7 Å². The van der Waals surface area contributed by atoms with Gasteiger partial charge in [-0.15, -0.1) is 0 Å². The van der Waals surface area contributed by atoms with Gasteiger partial charge in [-0.25, -0.2) is 13.2 Å². The van der Waals surface area contributed by atoms with Crippen LogP contribution in [0.1, 0.15) is 37.1 Å². The standard InChI is InChI=1S/C40H45N5O8S/c1-25(2)22-45(23-36(46)35(18-26-8-4-3-5-9-26)44-40(48)53-37-24-52-39-30(37)16-17-51-39)54(49,50)29-14-15-34-31(19-29)32(38(47)43-34)21-41-20-28-13-12-27-10-6-7-11-33(27)42-28/h3-15,19,21,25,30,35-37,39,43,46-47H,16-18,20,22-24H2,1-2H3,(H,44,48)/t30?,35-,36+,37-,39?/m0/s1. The maximum Gasteiger partial charge on any atom is 0.407 e. The van der Waals surface area contributed by atoms with Gasteiger partial charge in [0.15, 0.2) is 12.2 Å². The van der Waals surface area contributed by atoms with Gasteiger partial charge in [-0.2, -0.15) is 4.31 Å². The third kappa shape index (κ3) is 8.43. The number of pyridine rings is 1. The number of para-hydroxylation sites is 1. The molecular weight excluding hydrogens is 711 g/mol. The maximum atomic E-state index is 14.4. The number of hydrogen-bond donors (Lipinski definition) is 4. The third-order valence-electron chi connectivity index (χ3n) is 9.83. The summed E-state index contributed by atoms with van der Waals surface area (Å²) in [5.74, 6) is -0.299. The number of aromatic hydroxyl groups is 1. The Balaban J connectivity index is 1.11. The number of aromatic nitrogens is 2. The van der Waals surface area contributed by atoms with Crippen molar-refractivity contribution in [3.05, 3.63) is 102 Å². The van der Waals surface area contributed by atoms with E-state index in [1.165, 1.54) is 22.7 Å². The molecule has 2 aliphatic heterocycles. The number of benzene rings is 3. The number of ether oxygens (including phenoxy) is 3. The lowest BCUT2D eigenvalue weighted by Crippen LogP contribution is -2.51. The second-order valence-electron chi connectivity index (χ2n) is 14.3. The number of carbonyl (C=O) groups excluding carboxylic acids is 1. The van der Waals surface area contributed by atoms with Gasteiger partial charge in [0.25, 0.3) is 0 Å². The van der Waals surface area contributed by atoms with Crippen molar-refractivity contribution in [3.63, 3.8) is 0 Å². The van der Waals surface area contributed by atoms with Crippen molar-refractivity contribution in [2.24, 2.45) is 16.8 Å². The van der Waals surface area contributed by atoms with Gasteiger partial charge < -0.3 is 34.7 Å². The SMILES string of the molecule is CC(C)CN(C[C@@H](O)[C@H](Cc1ccccc1)NC(=O)O[C@H]1COC2OCCC21)S(=O)(=O)c1ccc2[nH]c(O)c(C=NCc3ccc4ccccc4n3)c2c1. The van der Waals surface area contributed by atoms with Crippen LogP contribution < -0.4 is 5.32 Å². The van der Waals surface area contributed by atoms with Gasteiger partial charge in [0.2, 0.25) is 10.0 Å². The second kappa shape index (κ2) is 16.2. The molecule has 5 atom stereocenters. The van der Waals surface area contributed by atoms with E-state index in [1.54, 1.807) is 6.07 Å². The van der Waals surface area contributed by atoms with E-state index in [4.69, 9.17) is 14.2 Å². The second-order valence-corrected chi connectivity index (χ2v) is 16.2. The van der Waals surface area contributed by atoms with Gasteiger partial charge in [-0.1, -0.05) is 68.4 Å². The Kier molecular flexibility index (Phi) is 11.3. The Morgan fingerprint density at radius 3 is 2.69 bits per heavy atom. The minimum absolute atomic E-state index is 0.0192. The normalized spacial score (nSPS) is 19.9. The number of aromatic amines is 1. The van der Waals surface area contributed by atoms with Crippen LogP contribution in [-0.2, 0) is 37.2 Å². The van der Waals surface area contributed by atoms with E-state index in [0.717, 1.165) is 22.2 Å². The minimum atomic E-state index is -4.19. The van der Waals surface area contributed by atoms with Crippen molar-refractivity contribution in [3.8, 4) is 5.88 Å². The molecule has 3 aromatic carbocycles. The molecule has 4 N–H and O–H groups in total. The molecule has 284 valence electrons. The third-order valence-corrected chi connectivity index (χ3v) is 11.7. The molecule has 1 amide bonds. The first kappa shape index (κ1) is 37.5. The van der Waals surface area contributed by atoms with Gasteiger partial charge in [-0.3, -0.25) is 9.98 Å². The number of hydrogen-bond acceptors (Lipinski definition) is 10. The Hall–Kier alpha value is -4.86. The number of nitrogens with zero attached hydrogens (tertiary/aromatic N) is 3. The van der Waals surface area contributed by atoms with Crippen molar-refractivity contribution in [2.45, 2.75) is 62.7 Å². The summed E-state index contributed by atoms with van der Waals surface area (Å²) in [6, 6.07) is 24.7. The smallest absolute Gasteiger partial charge is 0.407 e. The summed E-state index contributed by atoms with van der Waals surface area (Å²) in [4.78, 5) is 25.3. The van der Waals surface area contributed by atoms with Gasteiger partial charge in [0.05, 0.1) is 59.5 Å². The molecule has 0 saturated carbocycles. The lowest BCUT2D eigenvalue weighted by molar-refractivity contribution is -0.0907.